The second kappa shape index (κ2) is 12.2. The summed E-state index contributed by atoms with van der Waals surface area (Å²) in [6.45, 7) is 5.73. The smallest absolute Gasteiger partial charge is 0.269 e. The molecule has 9 heteroatoms. The standard InChI is InChI=1S/C23H28FN3O4S/c1-4-16(2)25-23(29)17(3)26(13-18-5-9-20(24)10-6-18)22(28)15-32-14-19-7-11-21(12-8-19)27(30)31/h5-12,16-17H,4,13-15H2,1-3H3,(H,25,29)/t16-,17-/m1/s1. The monoisotopic (exact) mass is 461 g/mol. The lowest BCUT2D eigenvalue weighted by Gasteiger charge is -2.29. The molecule has 0 fully saturated rings. The first-order chi connectivity index (χ1) is 15.2. The lowest BCUT2D eigenvalue weighted by atomic mass is 10.1. The van der Waals surface area contributed by atoms with E-state index < -0.39 is 11.0 Å². The minimum atomic E-state index is -0.693. The Morgan fingerprint density at radius 2 is 1.69 bits per heavy atom. The van der Waals surface area contributed by atoms with Gasteiger partial charge in [0.25, 0.3) is 5.69 Å². The second-order valence-corrected chi connectivity index (χ2v) is 8.54. The fourth-order valence-corrected chi connectivity index (χ4v) is 3.76. The van der Waals surface area contributed by atoms with Crippen LogP contribution >= 0.6 is 11.8 Å². The quantitative estimate of drug-likeness (QED) is 0.398. The number of nitro benzene ring substituents is 1. The molecule has 0 aliphatic heterocycles. The van der Waals surface area contributed by atoms with Crippen LogP contribution < -0.4 is 5.32 Å². The Morgan fingerprint density at radius 3 is 2.25 bits per heavy atom. The predicted octanol–water partition coefficient (Wildman–Crippen LogP) is 4.30. The van der Waals surface area contributed by atoms with E-state index in [0.717, 1.165) is 17.5 Å². The summed E-state index contributed by atoms with van der Waals surface area (Å²) < 4.78 is 13.3. The van der Waals surface area contributed by atoms with Gasteiger partial charge >= 0.3 is 0 Å². The van der Waals surface area contributed by atoms with Crippen LogP contribution in [0.25, 0.3) is 0 Å². The van der Waals surface area contributed by atoms with E-state index >= 15 is 0 Å². The molecule has 1 N–H and O–H groups in total. The molecule has 2 atom stereocenters. The van der Waals surface area contributed by atoms with Crippen molar-refractivity contribution < 1.29 is 18.9 Å². The Bertz CT molecular complexity index is 922. The summed E-state index contributed by atoms with van der Waals surface area (Å²) in [6.07, 6.45) is 0.773. The van der Waals surface area contributed by atoms with Crippen molar-refractivity contribution in [2.45, 2.75) is 51.6 Å². The molecule has 0 aliphatic rings. The number of thioether (sulfide) groups is 1. The van der Waals surface area contributed by atoms with Crippen LogP contribution in [0.4, 0.5) is 10.1 Å². The number of nitrogens with one attached hydrogen (secondary N) is 1. The van der Waals surface area contributed by atoms with Gasteiger partial charge in [0.05, 0.1) is 10.7 Å². The van der Waals surface area contributed by atoms with E-state index in [1.54, 1.807) is 31.2 Å². The Labute approximate surface area is 191 Å². The normalized spacial score (nSPS) is 12.6. The number of halogens is 1. The van der Waals surface area contributed by atoms with Gasteiger partial charge in [0.2, 0.25) is 11.8 Å². The highest BCUT2D eigenvalue weighted by molar-refractivity contribution is 7.99. The van der Waals surface area contributed by atoms with E-state index in [4.69, 9.17) is 0 Å². The highest BCUT2D eigenvalue weighted by Gasteiger charge is 2.26. The molecule has 0 bridgehead atoms. The van der Waals surface area contributed by atoms with Crippen LogP contribution in [0, 0.1) is 15.9 Å². The molecule has 0 aliphatic carbocycles. The fourth-order valence-electron chi connectivity index (χ4n) is 2.89. The average Bonchev–Trinajstić information content (AvgIpc) is 2.78. The van der Waals surface area contributed by atoms with Gasteiger partial charge in [0.15, 0.2) is 0 Å². The minimum absolute atomic E-state index is 0.00997. The molecular formula is C23H28FN3O4S. The molecule has 0 saturated heterocycles. The van der Waals surface area contributed by atoms with E-state index in [0.29, 0.717) is 5.75 Å². The van der Waals surface area contributed by atoms with Crippen molar-refractivity contribution in [2.75, 3.05) is 5.75 Å². The SMILES string of the molecule is CC[C@@H](C)NC(=O)[C@@H](C)N(Cc1ccc(F)cc1)C(=O)CSCc1ccc([N+](=O)[O-])cc1. The Hall–Kier alpha value is -2.94. The van der Waals surface area contributed by atoms with Crippen molar-refractivity contribution in [3.8, 4) is 0 Å². The van der Waals surface area contributed by atoms with E-state index in [1.807, 2.05) is 13.8 Å². The first kappa shape index (κ1) is 25.3. The topological polar surface area (TPSA) is 92.6 Å². The van der Waals surface area contributed by atoms with Gasteiger partial charge in [-0.05, 0) is 43.5 Å². The van der Waals surface area contributed by atoms with Crippen molar-refractivity contribution in [3.05, 3.63) is 75.6 Å². The number of amides is 2. The highest BCUT2D eigenvalue weighted by Crippen LogP contribution is 2.19. The molecule has 2 aromatic rings. The van der Waals surface area contributed by atoms with E-state index in [1.165, 1.54) is 40.9 Å². The van der Waals surface area contributed by atoms with Crippen LogP contribution in [-0.2, 0) is 21.9 Å². The molecule has 172 valence electrons. The summed E-state index contributed by atoms with van der Waals surface area (Å²) in [4.78, 5) is 37.5. The summed E-state index contributed by atoms with van der Waals surface area (Å²) >= 11 is 1.36. The molecular weight excluding hydrogens is 433 g/mol. The molecule has 2 rings (SSSR count). The van der Waals surface area contributed by atoms with E-state index in [2.05, 4.69) is 5.32 Å². The second-order valence-electron chi connectivity index (χ2n) is 7.56. The number of carbonyl (C=O) groups is 2. The average molecular weight is 462 g/mol. The van der Waals surface area contributed by atoms with Crippen LogP contribution in [0.5, 0.6) is 0 Å². The van der Waals surface area contributed by atoms with Crippen LogP contribution in [0.3, 0.4) is 0 Å². The number of carbonyl (C=O) groups excluding carboxylic acids is 2. The fraction of sp³-hybridized carbons (Fsp3) is 0.391. The first-order valence-corrected chi connectivity index (χ1v) is 11.5. The maximum atomic E-state index is 13.3. The van der Waals surface area contributed by atoms with Crippen molar-refractivity contribution in [1.29, 1.82) is 0 Å². The van der Waals surface area contributed by atoms with Crippen LogP contribution in [-0.4, -0.2) is 39.5 Å². The summed E-state index contributed by atoms with van der Waals surface area (Å²) in [5.41, 5.74) is 1.60. The van der Waals surface area contributed by atoms with Crippen LogP contribution in [0.2, 0.25) is 0 Å². The molecule has 0 aromatic heterocycles. The Morgan fingerprint density at radius 1 is 1.09 bits per heavy atom. The van der Waals surface area contributed by atoms with E-state index in [-0.39, 0.29) is 41.7 Å². The minimum Gasteiger partial charge on any atom is -0.352 e. The number of nitro groups is 1. The van der Waals surface area contributed by atoms with Gasteiger partial charge in [0, 0.05) is 30.5 Å². The highest BCUT2D eigenvalue weighted by atomic mass is 32.2. The number of nitrogens with zero attached hydrogens (tertiary/aromatic N) is 2. The van der Waals surface area contributed by atoms with Gasteiger partial charge in [-0.1, -0.05) is 31.2 Å². The van der Waals surface area contributed by atoms with Crippen molar-refractivity contribution >= 4 is 29.3 Å². The first-order valence-electron chi connectivity index (χ1n) is 10.4. The Balaban J connectivity index is 2.05. The van der Waals surface area contributed by atoms with Gasteiger partial charge in [-0.15, -0.1) is 11.8 Å². The number of rotatable bonds is 11. The number of benzene rings is 2. The number of hydrogen-bond acceptors (Lipinski definition) is 5. The molecule has 2 aromatic carbocycles. The predicted molar refractivity (Wildman–Crippen MR) is 124 cm³/mol. The largest absolute Gasteiger partial charge is 0.352 e. The van der Waals surface area contributed by atoms with Gasteiger partial charge in [-0.2, -0.15) is 0 Å². The molecule has 0 saturated carbocycles. The number of non-ortho nitro benzene ring substituents is 1. The molecule has 0 spiro atoms. The maximum absolute atomic E-state index is 13.3. The lowest BCUT2D eigenvalue weighted by molar-refractivity contribution is -0.384. The zero-order valence-electron chi connectivity index (χ0n) is 18.4. The van der Waals surface area contributed by atoms with E-state index in [9.17, 15) is 24.1 Å². The summed E-state index contributed by atoms with van der Waals surface area (Å²) in [5, 5.41) is 13.7. The molecule has 32 heavy (non-hydrogen) atoms. The van der Waals surface area contributed by atoms with Gasteiger partial charge in [-0.3, -0.25) is 19.7 Å². The third-order valence-electron chi connectivity index (χ3n) is 5.08. The third kappa shape index (κ3) is 7.64. The number of hydrogen-bond donors (Lipinski definition) is 1. The molecule has 0 radical (unpaired) electrons. The maximum Gasteiger partial charge on any atom is 0.269 e. The molecule has 0 heterocycles. The van der Waals surface area contributed by atoms with Gasteiger partial charge < -0.3 is 10.2 Å². The summed E-state index contributed by atoms with van der Waals surface area (Å²) in [5.74, 6) is -0.184. The van der Waals surface area contributed by atoms with Crippen molar-refractivity contribution in [3.63, 3.8) is 0 Å². The summed E-state index contributed by atoms with van der Waals surface area (Å²) in [7, 11) is 0. The van der Waals surface area contributed by atoms with Crippen molar-refractivity contribution in [2.24, 2.45) is 0 Å². The zero-order valence-corrected chi connectivity index (χ0v) is 19.2. The van der Waals surface area contributed by atoms with Gasteiger partial charge in [0.1, 0.15) is 11.9 Å². The third-order valence-corrected chi connectivity index (χ3v) is 6.06. The van der Waals surface area contributed by atoms with Crippen molar-refractivity contribution in [1.82, 2.24) is 10.2 Å². The molecule has 2 amide bonds. The molecule has 7 nitrogen and oxygen atoms in total. The lowest BCUT2D eigenvalue weighted by Crippen LogP contribution is -2.50. The molecule has 0 unspecified atom stereocenters. The van der Waals surface area contributed by atoms with Crippen LogP contribution in [0.1, 0.15) is 38.3 Å². The Kier molecular flexibility index (Phi) is 9.64. The van der Waals surface area contributed by atoms with Crippen LogP contribution in [0.15, 0.2) is 48.5 Å². The van der Waals surface area contributed by atoms with Gasteiger partial charge in [-0.25, -0.2) is 4.39 Å². The summed E-state index contributed by atoms with van der Waals surface area (Å²) in [6, 6.07) is 11.3. The zero-order chi connectivity index (χ0) is 23.7.